The summed E-state index contributed by atoms with van der Waals surface area (Å²) in [4.78, 5) is 26.2. The van der Waals surface area contributed by atoms with Crippen molar-refractivity contribution in [2.24, 2.45) is 5.73 Å². The van der Waals surface area contributed by atoms with Gasteiger partial charge in [0.05, 0.1) is 25.1 Å². The quantitative estimate of drug-likeness (QED) is 0.646. The van der Waals surface area contributed by atoms with E-state index in [-0.39, 0.29) is 18.2 Å². The number of amides is 2. The Hall–Kier alpha value is -2.51. The molecule has 0 saturated carbocycles. The van der Waals surface area contributed by atoms with Crippen LogP contribution in [0.3, 0.4) is 0 Å². The Kier molecular flexibility index (Phi) is 7.69. The van der Waals surface area contributed by atoms with Gasteiger partial charge in [-0.25, -0.2) is 0 Å². The third-order valence-electron chi connectivity index (χ3n) is 3.82. The number of nitrogens with two attached hydrogens (primary N) is 1. The Balaban J connectivity index is 1.98. The Morgan fingerprint density at radius 3 is 2.67 bits per heavy atom. The number of nitrogens with zero attached hydrogens (tertiary/aromatic N) is 1. The lowest BCUT2D eigenvalue weighted by atomic mass is 10.1. The van der Waals surface area contributed by atoms with Crippen LogP contribution in [-0.4, -0.2) is 43.2 Å². The van der Waals surface area contributed by atoms with Crippen LogP contribution in [0, 0.1) is 6.92 Å². The van der Waals surface area contributed by atoms with Gasteiger partial charge in [-0.05, 0) is 32.2 Å². The smallest absolute Gasteiger partial charge is 0.238 e. The van der Waals surface area contributed by atoms with Crippen molar-refractivity contribution in [3.8, 4) is 5.75 Å². The molecule has 0 aromatic heterocycles. The lowest BCUT2D eigenvalue weighted by Crippen LogP contribution is -2.30. The molecule has 2 amide bonds. The van der Waals surface area contributed by atoms with Gasteiger partial charge >= 0.3 is 0 Å². The van der Waals surface area contributed by atoms with Gasteiger partial charge in [0.25, 0.3) is 0 Å². The van der Waals surface area contributed by atoms with Crippen molar-refractivity contribution < 1.29 is 14.3 Å². The molecule has 144 valence electrons. The first kappa shape index (κ1) is 20.8. The molecule has 3 N–H and O–H groups in total. The minimum atomic E-state index is -0.395. The lowest BCUT2D eigenvalue weighted by Gasteiger charge is -2.19. The predicted octanol–water partition coefficient (Wildman–Crippen LogP) is 2.65. The maximum absolute atomic E-state index is 12.4. The summed E-state index contributed by atoms with van der Waals surface area (Å²) in [6.07, 6.45) is 0. The Bertz CT molecular complexity index is 811. The van der Waals surface area contributed by atoms with Gasteiger partial charge in [-0.3, -0.25) is 14.5 Å². The van der Waals surface area contributed by atoms with E-state index in [0.29, 0.717) is 12.2 Å². The Morgan fingerprint density at radius 1 is 1.22 bits per heavy atom. The van der Waals surface area contributed by atoms with Gasteiger partial charge in [0.1, 0.15) is 5.75 Å². The summed E-state index contributed by atoms with van der Waals surface area (Å²) in [5.74, 6) is 0.449. The van der Waals surface area contributed by atoms with E-state index in [0.717, 1.165) is 21.8 Å². The average molecular weight is 388 g/mol. The first-order valence-electron chi connectivity index (χ1n) is 8.51. The molecule has 0 unspecified atom stereocenters. The standard InChI is InChI=1S/C20H25N3O3S/c1-14-8-9-17(26-3)15(10-14)11-23(2)12-20(25)22-16-6-4-5-7-18(16)27-13-19(21)24/h4-10H,11-13H2,1-3H3,(H2,21,24)(H,22,25). The molecule has 6 nitrogen and oxygen atoms in total. The third kappa shape index (κ3) is 6.62. The number of methoxy groups -OCH3 is 1. The topological polar surface area (TPSA) is 84.7 Å². The number of thioether (sulfide) groups is 1. The van der Waals surface area contributed by atoms with Crippen LogP contribution in [0.1, 0.15) is 11.1 Å². The number of likely N-dealkylation sites (N-methyl/N-ethyl adjacent to an activating group) is 1. The summed E-state index contributed by atoms with van der Waals surface area (Å²) < 4.78 is 5.40. The fourth-order valence-electron chi connectivity index (χ4n) is 2.66. The van der Waals surface area contributed by atoms with Crippen LogP contribution in [0.4, 0.5) is 5.69 Å². The molecule has 2 aromatic rings. The van der Waals surface area contributed by atoms with Crippen LogP contribution >= 0.6 is 11.8 Å². The number of carbonyl (C=O) groups excluding carboxylic acids is 2. The number of nitrogens with one attached hydrogen (secondary N) is 1. The largest absolute Gasteiger partial charge is 0.496 e. The SMILES string of the molecule is COc1ccc(C)cc1CN(C)CC(=O)Nc1ccccc1SCC(N)=O. The molecule has 2 aromatic carbocycles. The average Bonchev–Trinajstić information content (AvgIpc) is 2.61. The normalized spacial score (nSPS) is 10.7. The third-order valence-corrected chi connectivity index (χ3v) is 4.92. The summed E-state index contributed by atoms with van der Waals surface area (Å²) in [7, 11) is 3.52. The van der Waals surface area contributed by atoms with Gasteiger partial charge in [0.2, 0.25) is 11.8 Å². The molecule has 0 aliphatic heterocycles. The molecule has 0 fully saturated rings. The van der Waals surface area contributed by atoms with Gasteiger partial charge in [0, 0.05) is 17.0 Å². The minimum Gasteiger partial charge on any atom is -0.496 e. The highest BCUT2D eigenvalue weighted by Gasteiger charge is 2.12. The first-order chi connectivity index (χ1) is 12.9. The lowest BCUT2D eigenvalue weighted by molar-refractivity contribution is -0.117. The molecule has 0 aliphatic carbocycles. The second-order valence-electron chi connectivity index (χ2n) is 6.29. The highest BCUT2D eigenvalue weighted by Crippen LogP contribution is 2.26. The van der Waals surface area contributed by atoms with E-state index in [1.165, 1.54) is 11.8 Å². The molecule has 2 rings (SSSR count). The fraction of sp³-hybridized carbons (Fsp3) is 0.300. The van der Waals surface area contributed by atoms with Crippen molar-refractivity contribution in [3.05, 3.63) is 53.6 Å². The monoisotopic (exact) mass is 387 g/mol. The number of anilines is 1. The van der Waals surface area contributed by atoms with Gasteiger partial charge in [-0.1, -0.05) is 29.8 Å². The zero-order valence-electron chi connectivity index (χ0n) is 15.8. The van der Waals surface area contributed by atoms with Crippen molar-refractivity contribution >= 4 is 29.3 Å². The number of para-hydroxylation sites is 1. The summed E-state index contributed by atoms with van der Waals surface area (Å²) in [6, 6.07) is 13.3. The molecular weight excluding hydrogens is 362 g/mol. The zero-order valence-corrected chi connectivity index (χ0v) is 16.6. The summed E-state index contributed by atoms with van der Waals surface area (Å²) in [5.41, 5.74) is 8.05. The highest BCUT2D eigenvalue weighted by atomic mass is 32.2. The number of rotatable bonds is 9. The van der Waals surface area contributed by atoms with Gasteiger partial charge in [-0.15, -0.1) is 11.8 Å². The van der Waals surface area contributed by atoms with Crippen molar-refractivity contribution in [1.29, 1.82) is 0 Å². The molecular formula is C20H25N3O3S. The number of primary amides is 1. The summed E-state index contributed by atoms with van der Waals surface area (Å²) in [5, 5.41) is 2.91. The molecule has 0 radical (unpaired) electrons. The summed E-state index contributed by atoms with van der Waals surface area (Å²) >= 11 is 1.31. The van der Waals surface area contributed by atoms with Crippen molar-refractivity contribution in [1.82, 2.24) is 4.90 Å². The van der Waals surface area contributed by atoms with Crippen LogP contribution in [-0.2, 0) is 16.1 Å². The van der Waals surface area contributed by atoms with Gasteiger partial charge in [-0.2, -0.15) is 0 Å². The molecule has 27 heavy (non-hydrogen) atoms. The van der Waals surface area contributed by atoms with E-state index in [1.807, 2.05) is 55.3 Å². The predicted molar refractivity (Wildman–Crippen MR) is 109 cm³/mol. The zero-order chi connectivity index (χ0) is 19.8. The van der Waals surface area contributed by atoms with Crippen molar-refractivity contribution in [2.75, 3.05) is 31.8 Å². The molecule has 0 aliphatic rings. The van der Waals surface area contributed by atoms with E-state index in [1.54, 1.807) is 7.11 Å². The number of ether oxygens (including phenoxy) is 1. The van der Waals surface area contributed by atoms with E-state index in [2.05, 4.69) is 11.4 Å². The molecule has 7 heteroatoms. The fourth-order valence-corrected chi connectivity index (χ4v) is 3.40. The van der Waals surface area contributed by atoms with E-state index in [4.69, 9.17) is 10.5 Å². The molecule has 0 heterocycles. The molecule has 0 bridgehead atoms. The number of hydrogen-bond donors (Lipinski definition) is 2. The van der Waals surface area contributed by atoms with Crippen LogP contribution in [0.25, 0.3) is 0 Å². The van der Waals surface area contributed by atoms with E-state index >= 15 is 0 Å². The summed E-state index contributed by atoms with van der Waals surface area (Å²) in [6.45, 7) is 2.85. The van der Waals surface area contributed by atoms with Gasteiger partial charge < -0.3 is 15.8 Å². The van der Waals surface area contributed by atoms with Crippen LogP contribution in [0.5, 0.6) is 5.75 Å². The van der Waals surface area contributed by atoms with E-state index < -0.39 is 5.91 Å². The Morgan fingerprint density at radius 2 is 1.96 bits per heavy atom. The molecule has 0 saturated heterocycles. The van der Waals surface area contributed by atoms with Crippen LogP contribution in [0.15, 0.2) is 47.4 Å². The highest BCUT2D eigenvalue weighted by molar-refractivity contribution is 8.00. The second-order valence-corrected chi connectivity index (χ2v) is 7.30. The van der Waals surface area contributed by atoms with Crippen LogP contribution in [0.2, 0.25) is 0 Å². The van der Waals surface area contributed by atoms with Gasteiger partial charge in [0.15, 0.2) is 0 Å². The van der Waals surface area contributed by atoms with E-state index in [9.17, 15) is 9.59 Å². The maximum Gasteiger partial charge on any atom is 0.238 e. The number of benzene rings is 2. The van der Waals surface area contributed by atoms with Crippen molar-refractivity contribution in [3.63, 3.8) is 0 Å². The number of hydrogen-bond acceptors (Lipinski definition) is 5. The molecule has 0 atom stereocenters. The number of carbonyl (C=O) groups is 2. The molecule has 0 spiro atoms. The van der Waals surface area contributed by atoms with Crippen molar-refractivity contribution in [2.45, 2.75) is 18.4 Å². The Labute approximate surface area is 164 Å². The second kappa shape index (κ2) is 9.99. The number of aryl methyl sites for hydroxylation is 1. The minimum absolute atomic E-state index is 0.128. The first-order valence-corrected chi connectivity index (χ1v) is 9.49. The maximum atomic E-state index is 12.4. The van der Waals surface area contributed by atoms with Crippen LogP contribution < -0.4 is 15.8 Å².